The molecule has 0 saturated carbocycles. The number of ether oxygens (including phenoxy) is 3. The van der Waals surface area contributed by atoms with Gasteiger partial charge in [0, 0.05) is 19.2 Å². The van der Waals surface area contributed by atoms with E-state index < -0.39 is 29.7 Å². The molecule has 0 radical (unpaired) electrons. The first kappa shape index (κ1) is 21.9. The molecule has 1 aromatic heterocycles. The second-order valence-corrected chi connectivity index (χ2v) is 7.19. The van der Waals surface area contributed by atoms with E-state index in [1.54, 1.807) is 20.8 Å². The molecule has 0 aliphatic heterocycles. The highest BCUT2D eigenvalue weighted by Gasteiger charge is 2.28. The lowest BCUT2D eigenvalue weighted by Gasteiger charge is -2.23. The van der Waals surface area contributed by atoms with Crippen molar-refractivity contribution in [2.24, 2.45) is 0 Å². The molecule has 1 N–H and O–H groups in total. The van der Waals surface area contributed by atoms with Crippen molar-refractivity contribution >= 4 is 18.0 Å². The van der Waals surface area contributed by atoms with Gasteiger partial charge >= 0.3 is 18.0 Å². The zero-order valence-corrected chi connectivity index (χ0v) is 16.8. The van der Waals surface area contributed by atoms with Crippen molar-refractivity contribution in [3.05, 3.63) is 59.8 Å². The fraction of sp³-hybridized carbons (Fsp3) is 0.333. The van der Waals surface area contributed by atoms with Crippen LogP contribution in [-0.2, 0) is 25.7 Å². The Morgan fingerprint density at radius 3 is 2.41 bits per heavy atom. The van der Waals surface area contributed by atoms with Crippen molar-refractivity contribution < 1.29 is 28.6 Å². The first-order valence-corrected chi connectivity index (χ1v) is 8.98. The minimum absolute atomic E-state index is 0.00171. The predicted octanol–water partition coefficient (Wildman–Crippen LogP) is 3.32. The van der Waals surface area contributed by atoms with Crippen molar-refractivity contribution in [2.45, 2.75) is 45.9 Å². The predicted molar refractivity (Wildman–Crippen MR) is 104 cm³/mol. The molecule has 8 nitrogen and oxygen atoms in total. The monoisotopic (exact) mass is 400 g/mol. The summed E-state index contributed by atoms with van der Waals surface area (Å²) < 4.78 is 15.6. The average Bonchev–Trinajstić information content (AvgIpc) is 2.63. The number of rotatable bonds is 6. The van der Waals surface area contributed by atoms with E-state index in [2.05, 4.69) is 10.3 Å². The fourth-order valence-corrected chi connectivity index (χ4v) is 2.32. The van der Waals surface area contributed by atoms with Crippen molar-refractivity contribution in [3.8, 4) is 5.88 Å². The van der Waals surface area contributed by atoms with Crippen molar-refractivity contribution in [1.29, 1.82) is 0 Å². The van der Waals surface area contributed by atoms with Crippen LogP contribution in [0.1, 0.15) is 44.9 Å². The highest BCUT2D eigenvalue weighted by Crippen LogP contribution is 2.20. The molecule has 1 heterocycles. The standard InChI is InChI=1S/C21H24N2O6/c1-14(24)28-17-12-16(10-11-22-17)18(23-20(26)29-21(2,3)4)19(25)27-13-15-8-6-5-7-9-15/h5-12,18H,13H2,1-4H3,(H,23,26). The number of hydrogen-bond donors (Lipinski definition) is 1. The highest BCUT2D eigenvalue weighted by atomic mass is 16.6. The van der Waals surface area contributed by atoms with Crippen LogP contribution in [0.2, 0.25) is 0 Å². The molecule has 2 rings (SSSR count). The number of nitrogens with zero attached hydrogens (tertiary/aromatic N) is 1. The van der Waals surface area contributed by atoms with Crippen LogP contribution < -0.4 is 10.1 Å². The SMILES string of the molecule is CC(=O)Oc1cc(C(NC(=O)OC(C)(C)C)C(=O)OCc2ccccc2)ccn1. The number of benzene rings is 1. The first-order chi connectivity index (χ1) is 13.6. The van der Waals surface area contributed by atoms with E-state index in [-0.39, 0.29) is 12.5 Å². The van der Waals surface area contributed by atoms with E-state index in [1.807, 2.05) is 30.3 Å². The number of aromatic nitrogens is 1. The summed E-state index contributed by atoms with van der Waals surface area (Å²) in [6, 6.07) is 10.9. The molecule has 29 heavy (non-hydrogen) atoms. The summed E-state index contributed by atoms with van der Waals surface area (Å²) in [4.78, 5) is 40.1. The van der Waals surface area contributed by atoms with Crippen LogP contribution in [0.15, 0.2) is 48.7 Å². The Balaban J connectivity index is 2.21. The largest absolute Gasteiger partial charge is 0.459 e. The average molecular weight is 400 g/mol. The van der Waals surface area contributed by atoms with Gasteiger partial charge in [-0.05, 0) is 38.0 Å². The van der Waals surface area contributed by atoms with Crippen molar-refractivity contribution in [3.63, 3.8) is 0 Å². The summed E-state index contributed by atoms with van der Waals surface area (Å²) >= 11 is 0. The zero-order chi connectivity index (χ0) is 21.4. The van der Waals surface area contributed by atoms with Crippen LogP contribution in [0.3, 0.4) is 0 Å². The Labute approximate surface area is 169 Å². The number of esters is 2. The molecule has 2 aromatic rings. The Kier molecular flexibility index (Phi) is 7.30. The van der Waals surface area contributed by atoms with Crippen LogP contribution in [0.25, 0.3) is 0 Å². The number of carbonyl (C=O) groups is 3. The first-order valence-electron chi connectivity index (χ1n) is 8.98. The van der Waals surface area contributed by atoms with E-state index in [9.17, 15) is 14.4 Å². The quantitative estimate of drug-likeness (QED) is 0.742. The molecule has 8 heteroatoms. The van der Waals surface area contributed by atoms with Gasteiger partial charge in [-0.2, -0.15) is 0 Å². The third-order valence-electron chi connectivity index (χ3n) is 3.46. The molecule has 1 amide bonds. The van der Waals surface area contributed by atoms with E-state index in [0.717, 1.165) is 5.56 Å². The van der Waals surface area contributed by atoms with Gasteiger partial charge in [-0.15, -0.1) is 0 Å². The van der Waals surface area contributed by atoms with Crippen LogP contribution in [0.4, 0.5) is 4.79 Å². The van der Waals surface area contributed by atoms with Crippen LogP contribution >= 0.6 is 0 Å². The Bertz CT molecular complexity index is 861. The number of carbonyl (C=O) groups excluding carboxylic acids is 3. The third kappa shape index (κ3) is 7.61. The summed E-state index contributed by atoms with van der Waals surface area (Å²) in [6.07, 6.45) is 0.576. The molecule has 0 spiro atoms. The fourth-order valence-electron chi connectivity index (χ4n) is 2.32. The molecule has 0 fully saturated rings. The summed E-state index contributed by atoms with van der Waals surface area (Å²) in [5.74, 6) is -1.25. The van der Waals surface area contributed by atoms with Crippen LogP contribution in [0, 0.1) is 0 Å². The van der Waals surface area contributed by atoms with E-state index >= 15 is 0 Å². The maximum atomic E-state index is 12.7. The topological polar surface area (TPSA) is 104 Å². The van der Waals surface area contributed by atoms with Crippen molar-refractivity contribution in [1.82, 2.24) is 10.3 Å². The Morgan fingerprint density at radius 1 is 1.10 bits per heavy atom. The highest BCUT2D eigenvalue weighted by molar-refractivity contribution is 5.83. The maximum Gasteiger partial charge on any atom is 0.408 e. The van der Waals surface area contributed by atoms with Gasteiger partial charge in [0.05, 0.1) is 0 Å². The summed E-state index contributed by atoms with van der Waals surface area (Å²) in [6.45, 7) is 6.40. The summed E-state index contributed by atoms with van der Waals surface area (Å²) in [7, 11) is 0. The van der Waals surface area contributed by atoms with E-state index in [1.165, 1.54) is 25.3 Å². The van der Waals surface area contributed by atoms with Gasteiger partial charge in [-0.3, -0.25) is 4.79 Å². The molecule has 0 aliphatic rings. The summed E-state index contributed by atoms with van der Waals surface area (Å²) in [5.41, 5.74) is 0.386. The van der Waals surface area contributed by atoms with Gasteiger partial charge in [0.2, 0.25) is 5.88 Å². The molecule has 154 valence electrons. The van der Waals surface area contributed by atoms with Crippen molar-refractivity contribution in [2.75, 3.05) is 0 Å². The molecule has 1 unspecified atom stereocenters. The normalized spacial score (nSPS) is 11.9. The lowest BCUT2D eigenvalue weighted by molar-refractivity contribution is -0.147. The van der Waals surface area contributed by atoms with Crippen LogP contribution in [-0.4, -0.2) is 28.6 Å². The Hall–Kier alpha value is -3.42. The van der Waals surface area contributed by atoms with E-state index in [4.69, 9.17) is 14.2 Å². The van der Waals surface area contributed by atoms with E-state index in [0.29, 0.717) is 5.56 Å². The molecule has 0 aliphatic carbocycles. The second-order valence-electron chi connectivity index (χ2n) is 7.19. The molecule has 1 atom stereocenters. The molecule has 0 bridgehead atoms. The molecule has 1 aromatic carbocycles. The second kappa shape index (κ2) is 9.68. The maximum absolute atomic E-state index is 12.7. The van der Waals surface area contributed by atoms with Gasteiger partial charge in [-0.25, -0.2) is 14.6 Å². The molecular weight excluding hydrogens is 376 g/mol. The molecular formula is C21H24N2O6. The lowest BCUT2D eigenvalue weighted by Crippen LogP contribution is -2.38. The minimum Gasteiger partial charge on any atom is -0.459 e. The zero-order valence-electron chi connectivity index (χ0n) is 16.8. The lowest BCUT2D eigenvalue weighted by atomic mass is 10.1. The molecule has 0 saturated heterocycles. The van der Waals surface area contributed by atoms with Gasteiger partial charge < -0.3 is 19.5 Å². The number of nitrogens with one attached hydrogen (secondary N) is 1. The minimum atomic E-state index is -1.18. The smallest absolute Gasteiger partial charge is 0.408 e. The van der Waals surface area contributed by atoms with Gasteiger partial charge in [0.25, 0.3) is 0 Å². The van der Waals surface area contributed by atoms with Gasteiger partial charge in [0.15, 0.2) is 6.04 Å². The number of hydrogen-bond acceptors (Lipinski definition) is 7. The number of pyridine rings is 1. The van der Waals surface area contributed by atoms with Gasteiger partial charge in [-0.1, -0.05) is 30.3 Å². The Morgan fingerprint density at radius 2 is 1.79 bits per heavy atom. The van der Waals surface area contributed by atoms with Crippen LogP contribution in [0.5, 0.6) is 5.88 Å². The van der Waals surface area contributed by atoms with Gasteiger partial charge in [0.1, 0.15) is 12.2 Å². The third-order valence-corrected chi connectivity index (χ3v) is 3.46. The summed E-state index contributed by atoms with van der Waals surface area (Å²) in [5, 5.41) is 2.50. The number of amides is 1. The number of alkyl carbamates (subject to hydrolysis) is 1.